The van der Waals surface area contributed by atoms with Crippen molar-refractivity contribution in [2.45, 2.75) is 19.4 Å². The first-order valence-corrected chi connectivity index (χ1v) is 7.41. The van der Waals surface area contributed by atoms with Gasteiger partial charge in [0.25, 0.3) is 0 Å². The second kappa shape index (κ2) is 6.59. The lowest BCUT2D eigenvalue weighted by atomic mass is 10.0. The lowest BCUT2D eigenvalue weighted by Gasteiger charge is -2.33. The minimum atomic E-state index is 0.168. The van der Waals surface area contributed by atoms with E-state index < -0.39 is 0 Å². The lowest BCUT2D eigenvalue weighted by Crippen LogP contribution is -2.48. The maximum Gasteiger partial charge on any atom is 0.172 e. The van der Waals surface area contributed by atoms with Gasteiger partial charge in [0.05, 0.1) is 11.6 Å². The van der Waals surface area contributed by atoms with Gasteiger partial charge >= 0.3 is 0 Å². The van der Waals surface area contributed by atoms with E-state index >= 15 is 0 Å². The van der Waals surface area contributed by atoms with Crippen molar-refractivity contribution in [2.24, 2.45) is 0 Å². The van der Waals surface area contributed by atoms with Gasteiger partial charge in [0.15, 0.2) is 11.5 Å². The van der Waals surface area contributed by atoms with Gasteiger partial charge in [0.2, 0.25) is 0 Å². The summed E-state index contributed by atoms with van der Waals surface area (Å²) in [6, 6.07) is 4.37. The Kier molecular flexibility index (Phi) is 5.07. The fraction of sp³-hybridized carbons (Fsp3) is 0.571. The maximum atomic E-state index is 9.81. The standard InChI is InChI=1S/C14H21BrN2O2/c1-10(17-5-3-16-4-6-17)7-11-8-12(15)14(18)13(9-11)19-2/h8-10,16,18H,3-7H2,1-2H3. The average molecular weight is 329 g/mol. The van der Waals surface area contributed by atoms with E-state index in [1.54, 1.807) is 7.11 Å². The largest absolute Gasteiger partial charge is 0.503 e. The van der Waals surface area contributed by atoms with E-state index in [0.717, 1.165) is 32.6 Å². The van der Waals surface area contributed by atoms with Crippen LogP contribution in [-0.4, -0.2) is 49.3 Å². The molecule has 0 spiro atoms. The molecule has 0 aromatic heterocycles. The summed E-state index contributed by atoms with van der Waals surface area (Å²) < 4.78 is 5.88. The quantitative estimate of drug-likeness (QED) is 0.887. The number of phenolic OH excluding ortho intramolecular Hbond substituents is 1. The van der Waals surface area contributed by atoms with Crippen LogP contribution in [0.5, 0.6) is 11.5 Å². The van der Waals surface area contributed by atoms with Crippen LogP contribution >= 0.6 is 15.9 Å². The fourth-order valence-electron chi connectivity index (χ4n) is 2.49. The van der Waals surface area contributed by atoms with E-state index in [1.165, 1.54) is 5.56 Å². The number of halogens is 1. The topological polar surface area (TPSA) is 44.7 Å². The van der Waals surface area contributed by atoms with Crippen molar-refractivity contribution in [1.82, 2.24) is 10.2 Å². The second-order valence-corrected chi connectivity index (χ2v) is 5.82. The molecule has 106 valence electrons. The molecule has 1 aliphatic rings. The van der Waals surface area contributed by atoms with Crippen LogP contribution in [0.2, 0.25) is 0 Å². The van der Waals surface area contributed by atoms with E-state index in [0.29, 0.717) is 16.3 Å². The van der Waals surface area contributed by atoms with Crippen LogP contribution in [-0.2, 0) is 6.42 Å². The van der Waals surface area contributed by atoms with Crippen LogP contribution in [0.3, 0.4) is 0 Å². The molecule has 1 aliphatic heterocycles. The molecule has 1 fully saturated rings. The van der Waals surface area contributed by atoms with Crippen LogP contribution in [0.15, 0.2) is 16.6 Å². The highest BCUT2D eigenvalue weighted by atomic mass is 79.9. The first-order chi connectivity index (χ1) is 9.11. The molecule has 5 heteroatoms. The van der Waals surface area contributed by atoms with Crippen LogP contribution in [0, 0.1) is 0 Å². The summed E-state index contributed by atoms with van der Waals surface area (Å²) in [6.07, 6.45) is 0.954. The number of hydrogen-bond acceptors (Lipinski definition) is 4. The molecule has 0 radical (unpaired) electrons. The number of hydrogen-bond donors (Lipinski definition) is 2. The minimum absolute atomic E-state index is 0.168. The monoisotopic (exact) mass is 328 g/mol. The molecule has 0 saturated carbocycles. The third kappa shape index (κ3) is 3.61. The summed E-state index contributed by atoms with van der Waals surface area (Å²) >= 11 is 3.37. The molecule has 0 amide bonds. The molecule has 1 heterocycles. The molecule has 4 nitrogen and oxygen atoms in total. The molecule has 1 aromatic rings. The van der Waals surface area contributed by atoms with Gasteiger partial charge in [-0.05, 0) is 47.0 Å². The normalized spacial score (nSPS) is 18.3. The molecule has 1 unspecified atom stereocenters. The van der Waals surface area contributed by atoms with Crippen molar-refractivity contribution < 1.29 is 9.84 Å². The van der Waals surface area contributed by atoms with E-state index in [4.69, 9.17) is 4.74 Å². The van der Waals surface area contributed by atoms with Crippen molar-refractivity contribution in [3.05, 3.63) is 22.2 Å². The summed E-state index contributed by atoms with van der Waals surface area (Å²) in [5, 5.41) is 13.2. The molecule has 0 bridgehead atoms. The Bertz CT molecular complexity index is 434. The molecule has 2 rings (SSSR count). The molecule has 1 aromatic carbocycles. The van der Waals surface area contributed by atoms with Gasteiger partial charge in [-0.1, -0.05) is 0 Å². The average Bonchev–Trinajstić information content (AvgIpc) is 2.43. The van der Waals surface area contributed by atoms with E-state index in [-0.39, 0.29) is 5.75 Å². The summed E-state index contributed by atoms with van der Waals surface area (Å²) in [4.78, 5) is 2.49. The van der Waals surface area contributed by atoms with Crippen molar-refractivity contribution in [2.75, 3.05) is 33.3 Å². The van der Waals surface area contributed by atoms with E-state index in [9.17, 15) is 5.11 Å². The van der Waals surface area contributed by atoms with Crippen LogP contribution in [0.4, 0.5) is 0 Å². The van der Waals surface area contributed by atoms with Gasteiger partial charge in [-0.15, -0.1) is 0 Å². The number of rotatable bonds is 4. The van der Waals surface area contributed by atoms with Crippen molar-refractivity contribution >= 4 is 15.9 Å². The number of benzene rings is 1. The Hall–Kier alpha value is -0.780. The zero-order valence-electron chi connectivity index (χ0n) is 11.4. The molecule has 19 heavy (non-hydrogen) atoms. The number of piperazine rings is 1. The second-order valence-electron chi connectivity index (χ2n) is 4.97. The number of ether oxygens (including phenoxy) is 1. The Labute approximate surface area is 122 Å². The van der Waals surface area contributed by atoms with Gasteiger partial charge in [-0.2, -0.15) is 0 Å². The Morgan fingerprint density at radius 1 is 1.42 bits per heavy atom. The first-order valence-electron chi connectivity index (χ1n) is 6.62. The SMILES string of the molecule is COc1cc(CC(C)N2CCNCC2)cc(Br)c1O. The van der Waals surface area contributed by atoms with Crippen molar-refractivity contribution in [1.29, 1.82) is 0 Å². The summed E-state index contributed by atoms with van der Waals surface area (Å²) in [5.74, 6) is 0.693. The van der Waals surface area contributed by atoms with Gasteiger partial charge < -0.3 is 15.2 Å². The Morgan fingerprint density at radius 3 is 2.74 bits per heavy atom. The maximum absolute atomic E-state index is 9.81. The van der Waals surface area contributed by atoms with Gasteiger partial charge in [-0.3, -0.25) is 4.90 Å². The van der Waals surface area contributed by atoms with Crippen LogP contribution in [0.1, 0.15) is 12.5 Å². The number of phenols is 1. The van der Waals surface area contributed by atoms with Crippen molar-refractivity contribution in [3.8, 4) is 11.5 Å². The summed E-state index contributed by atoms with van der Waals surface area (Å²) in [6.45, 7) is 6.56. The van der Waals surface area contributed by atoms with Crippen LogP contribution < -0.4 is 10.1 Å². The smallest absolute Gasteiger partial charge is 0.172 e. The third-order valence-electron chi connectivity index (χ3n) is 3.61. The highest BCUT2D eigenvalue weighted by Crippen LogP contribution is 2.35. The fourth-order valence-corrected chi connectivity index (χ4v) is 2.98. The molecule has 1 atom stereocenters. The van der Waals surface area contributed by atoms with Crippen LogP contribution in [0.25, 0.3) is 0 Å². The lowest BCUT2D eigenvalue weighted by molar-refractivity contribution is 0.183. The number of nitrogens with zero attached hydrogens (tertiary/aromatic N) is 1. The van der Waals surface area contributed by atoms with Gasteiger partial charge in [-0.25, -0.2) is 0 Å². The number of methoxy groups -OCH3 is 1. The zero-order chi connectivity index (χ0) is 13.8. The molecular weight excluding hydrogens is 308 g/mol. The van der Waals surface area contributed by atoms with E-state index in [1.807, 2.05) is 12.1 Å². The van der Waals surface area contributed by atoms with Gasteiger partial charge in [0.1, 0.15) is 0 Å². The van der Waals surface area contributed by atoms with E-state index in [2.05, 4.69) is 33.1 Å². The first kappa shape index (κ1) is 14.6. The molecule has 0 aliphatic carbocycles. The number of nitrogens with one attached hydrogen (secondary N) is 1. The third-order valence-corrected chi connectivity index (χ3v) is 4.22. The predicted molar refractivity (Wildman–Crippen MR) is 80.0 cm³/mol. The highest BCUT2D eigenvalue weighted by molar-refractivity contribution is 9.10. The molecule has 2 N–H and O–H groups in total. The predicted octanol–water partition coefficient (Wildman–Crippen LogP) is 2.00. The minimum Gasteiger partial charge on any atom is -0.503 e. The summed E-state index contributed by atoms with van der Waals surface area (Å²) in [7, 11) is 1.57. The number of aromatic hydroxyl groups is 1. The summed E-state index contributed by atoms with van der Waals surface area (Å²) in [5.41, 5.74) is 1.17. The Balaban J connectivity index is 2.07. The Morgan fingerprint density at radius 2 is 2.11 bits per heavy atom. The van der Waals surface area contributed by atoms with Crippen molar-refractivity contribution in [3.63, 3.8) is 0 Å². The molecule has 1 saturated heterocycles. The molecular formula is C14H21BrN2O2. The zero-order valence-corrected chi connectivity index (χ0v) is 13.0. The highest BCUT2D eigenvalue weighted by Gasteiger charge is 2.18. The van der Waals surface area contributed by atoms with Gasteiger partial charge in [0, 0.05) is 32.2 Å².